The molecule has 162 valence electrons. The molecule has 30 heavy (non-hydrogen) atoms. The zero-order chi connectivity index (χ0) is 20.9. The summed E-state index contributed by atoms with van der Waals surface area (Å²) < 4.78 is 24.8. The lowest BCUT2D eigenvalue weighted by atomic mass is 9.99. The number of methoxy groups -OCH3 is 1. The highest BCUT2D eigenvalue weighted by atomic mass is 19.1. The molecule has 2 aromatic rings. The molecule has 2 aliphatic heterocycles. The third-order valence-corrected chi connectivity index (χ3v) is 6.08. The Morgan fingerprint density at radius 1 is 1.13 bits per heavy atom. The van der Waals surface area contributed by atoms with E-state index in [1.807, 2.05) is 0 Å². The molecule has 2 fully saturated rings. The van der Waals surface area contributed by atoms with Gasteiger partial charge in [0.1, 0.15) is 17.4 Å². The summed E-state index contributed by atoms with van der Waals surface area (Å²) in [6, 6.07) is 8.59. The maximum Gasteiger partial charge on any atom is 0.251 e. The molecule has 3 heterocycles. The summed E-state index contributed by atoms with van der Waals surface area (Å²) >= 11 is 0. The Morgan fingerprint density at radius 3 is 2.77 bits per heavy atom. The molecule has 6 nitrogen and oxygen atoms in total. The number of pyridine rings is 1. The predicted molar refractivity (Wildman–Crippen MR) is 116 cm³/mol. The number of rotatable bonds is 5. The van der Waals surface area contributed by atoms with Crippen molar-refractivity contribution < 1.29 is 13.9 Å². The van der Waals surface area contributed by atoms with Crippen molar-refractivity contribution in [2.24, 2.45) is 0 Å². The van der Waals surface area contributed by atoms with E-state index < -0.39 is 0 Å². The van der Waals surface area contributed by atoms with Crippen LogP contribution in [0.15, 0.2) is 35.1 Å². The van der Waals surface area contributed by atoms with Gasteiger partial charge in [0, 0.05) is 43.5 Å². The van der Waals surface area contributed by atoms with Crippen molar-refractivity contribution in [3.63, 3.8) is 0 Å². The fourth-order valence-electron chi connectivity index (χ4n) is 4.54. The maximum absolute atomic E-state index is 13.9. The van der Waals surface area contributed by atoms with Crippen molar-refractivity contribution >= 4 is 11.5 Å². The topological polar surface area (TPSA) is 57.8 Å². The molecule has 0 spiro atoms. The molecule has 1 N–H and O–H groups in total. The molecule has 0 saturated carbocycles. The molecule has 0 bridgehead atoms. The van der Waals surface area contributed by atoms with Crippen molar-refractivity contribution in [1.29, 1.82) is 0 Å². The first-order valence-corrected chi connectivity index (χ1v) is 10.8. The second kappa shape index (κ2) is 9.51. The fourth-order valence-corrected chi connectivity index (χ4v) is 4.54. The number of hydrogen-bond donors (Lipinski definition) is 1. The standard InChI is InChI=1S/C23H30FN3O3/c1-29-21-7-6-18(24)13-17(21)14-19-5-3-2-4-8-27(19)22-15-20(16-23(28)25-22)26-9-11-30-12-10-26/h6-7,13,15-16,19H,2-5,8-12,14H2,1H3,(H,25,28)/t19-/m1/s1. The molecule has 0 radical (unpaired) electrons. The van der Waals surface area contributed by atoms with E-state index in [0.717, 1.165) is 62.4 Å². The van der Waals surface area contributed by atoms with Crippen LogP contribution in [0.25, 0.3) is 0 Å². The predicted octanol–water partition coefficient (Wildman–Crippen LogP) is 3.35. The number of nitrogens with one attached hydrogen (secondary N) is 1. The number of aromatic amines is 1. The number of morpholine rings is 1. The van der Waals surface area contributed by atoms with E-state index in [4.69, 9.17) is 9.47 Å². The number of benzene rings is 1. The lowest BCUT2D eigenvalue weighted by Gasteiger charge is -2.34. The summed E-state index contributed by atoms with van der Waals surface area (Å²) in [5.41, 5.74) is 1.70. The van der Waals surface area contributed by atoms with Gasteiger partial charge in [-0.1, -0.05) is 12.8 Å². The Balaban J connectivity index is 1.64. The van der Waals surface area contributed by atoms with Gasteiger partial charge >= 0.3 is 0 Å². The normalized spacial score (nSPS) is 20.1. The van der Waals surface area contributed by atoms with Gasteiger partial charge in [0.25, 0.3) is 5.56 Å². The van der Waals surface area contributed by atoms with Crippen LogP contribution in [-0.4, -0.2) is 51.0 Å². The average Bonchev–Trinajstić information content (AvgIpc) is 2.99. The first-order valence-electron chi connectivity index (χ1n) is 10.8. The maximum atomic E-state index is 13.9. The Morgan fingerprint density at radius 2 is 1.97 bits per heavy atom. The highest BCUT2D eigenvalue weighted by Crippen LogP contribution is 2.30. The van der Waals surface area contributed by atoms with Crippen LogP contribution in [0.2, 0.25) is 0 Å². The summed E-state index contributed by atoms with van der Waals surface area (Å²) in [6.45, 7) is 3.78. The highest BCUT2D eigenvalue weighted by molar-refractivity contribution is 5.56. The molecular formula is C23H30FN3O3. The summed E-state index contributed by atoms with van der Waals surface area (Å²) in [5, 5.41) is 0. The monoisotopic (exact) mass is 415 g/mol. The number of halogens is 1. The number of hydrogen-bond acceptors (Lipinski definition) is 5. The van der Waals surface area contributed by atoms with Crippen LogP contribution < -0.4 is 20.1 Å². The zero-order valence-electron chi connectivity index (χ0n) is 17.5. The lowest BCUT2D eigenvalue weighted by molar-refractivity contribution is 0.122. The minimum absolute atomic E-state index is 0.0969. The lowest BCUT2D eigenvalue weighted by Crippen LogP contribution is -2.39. The molecule has 7 heteroatoms. The van der Waals surface area contributed by atoms with Crippen LogP contribution in [0, 0.1) is 5.82 Å². The number of ether oxygens (including phenoxy) is 2. The molecule has 1 aromatic heterocycles. The minimum Gasteiger partial charge on any atom is -0.496 e. The van der Waals surface area contributed by atoms with Gasteiger partial charge in [-0.05, 0) is 43.0 Å². The van der Waals surface area contributed by atoms with Crippen LogP contribution in [0.4, 0.5) is 15.9 Å². The molecule has 2 aliphatic rings. The van der Waals surface area contributed by atoms with Crippen molar-refractivity contribution in [3.05, 3.63) is 52.1 Å². The first kappa shape index (κ1) is 20.7. The smallest absolute Gasteiger partial charge is 0.251 e. The van der Waals surface area contributed by atoms with Gasteiger partial charge in [-0.3, -0.25) is 4.79 Å². The van der Waals surface area contributed by atoms with Gasteiger partial charge in [-0.2, -0.15) is 0 Å². The Kier molecular flexibility index (Phi) is 6.57. The van der Waals surface area contributed by atoms with E-state index in [1.165, 1.54) is 6.07 Å². The van der Waals surface area contributed by atoms with E-state index in [-0.39, 0.29) is 17.4 Å². The van der Waals surface area contributed by atoms with E-state index in [1.54, 1.807) is 25.3 Å². The van der Waals surface area contributed by atoms with Crippen LogP contribution in [-0.2, 0) is 11.2 Å². The SMILES string of the molecule is COc1ccc(F)cc1C[C@H]1CCCCCN1c1cc(N2CCOCC2)cc(=O)[nH]1. The quantitative estimate of drug-likeness (QED) is 0.812. The fraction of sp³-hybridized carbons (Fsp3) is 0.522. The van der Waals surface area contributed by atoms with E-state index >= 15 is 0 Å². The van der Waals surface area contributed by atoms with Crippen molar-refractivity contribution in [1.82, 2.24) is 4.98 Å². The Bertz CT molecular complexity index is 911. The Labute approximate surface area is 176 Å². The van der Waals surface area contributed by atoms with E-state index in [9.17, 15) is 9.18 Å². The summed E-state index contributed by atoms with van der Waals surface area (Å²) in [7, 11) is 1.62. The molecule has 0 aliphatic carbocycles. The van der Waals surface area contributed by atoms with Gasteiger partial charge in [0.05, 0.1) is 20.3 Å². The van der Waals surface area contributed by atoms with Crippen LogP contribution in [0.5, 0.6) is 5.75 Å². The molecule has 0 unspecified atom stereocenters. The van der Waals surface area contributed by atoms with Crippen molar-refractivity contribution in [2.75, 3.05) is 49.8 Å². The molecular weight excluding hydrogens is 385 g/mol. The second-order valence-electron chi connectivity index (χ2n) is 8.04. The molecule has 0 amide bonds. The van der Waals surface area contributed by atoms with Crippen LogP contribution in [0.1, 0.15) is 31.2 Å². The second-order valence-corrected chi connectivity index (χ2v) is 8.04. The number of aromatic nitrogens is 1. The van der Waals surface area contributed by atoms with Gasteiger partial charge in [0.2, 0.25) is 0 Å². The largest absolute Gasteiger partial charge is 0.496 e. The molecule has 4 rings (SSSR count). The Hall–Kier alpha value is -2.54. The zero-order valence-corrected chi connectivity index (χ0v) is 17.5. The summed E-state index contributed by atoms with van der Waals surface area (Å²) in [5.74, 6) is 1.29. The number of anilines is 2. The molecule has 1 atom stereocenters. The van der Waals surface area contributed by atoms with Gasteiger partial charge in [0.15, 0.2) is 0 Å². The van der Waals surface area contributed by atoms with Gasteiger partial charge in [-0.15, -0.1) is 0 Å². The summed E-state index contributed by atoms with van der Waals surface area (Å²) in [4.78, 5) is 20.0. The highest BCUT2D eigenvalue weighted by Gasteiger charge is 2.25. The molecule has 1 aromatic carbocycles. The molecule has 2 saturated heterocycles. The summed E-state index contributed by atoms with van der Waals surface area (Å²) in [6.07, 6.45) is 5.00. The average molecular weight is 416 g/mol. The van der Waals surface area contributed by atoms with Crippen molar-refractivity contribution in [3.8, 4) is 5.75 Å². The van der Waals surface area contributed by atoms with E-state index in [0.29, 0.717) is 25.4 Å². The minimum atomic E-state index is -0.256. The van der Waals surface area contributed by atoms with Crippen molar-refractivity contribution in [2.45, 2.75) is 38.1 Å². The number of nitrogens with zero attached hydrogens (tertiary/aromatic N) is 2. The van der Waals surface area contributed by atoms with E-state index in [2.05, 4.69) is 20.9 Å². The van der Waals surface area contributed by atoms with Crippen LogP contribution >= 0.6 is 0 Å². The third-order valence-electron chi connectivity index (χ3n) is 6.08. The third kappa shape index (κ3) is 4.78. The number of H-pyrrole nitrogens is 1. The van der Waals surface area contributed by atoms with Crippen LogP contribution in [0.3, 0.4) is 0 Å². The van der Waals surface area contributed by atoms with Gasteiger partial charge < -0.3 is 24.3 Å². The van der Waals surface area contributed by atoms with Gasteiger partial charge in [-0.25, -0.2) is 4.39 Å². The first-order chi connectivity index (χ1) is 14.6.